The number of aromatic nitrogens is 8. The second-order valence-electron chi connectivity index (χ2n) is 6.76. The lowest BCUT2D eigenvalue weighted by Crippen LogP contribution is -2.33. The lowest BCUT2D eigenvalue weighted by molar-refractivity contribution is 0.178. The van der Waals surface area contributed by atoms with Crippen molar-refractivity contribution in [1.82, 2.24) is 44.6 Å². The number of rotatable bonds is 4. The number of aryl methyl sites for hydroxylation is 1. The molecule has 4 aromatic heterocycles. The van der Waals surface area contributed by atoms with Crippen LogP contribution in [0.25, 0.3) is 11.5 Å². The molecule has 0 unspecified atom stereocenters. The molecule has 0 saturated carbocycles. The first-order chi connectivity index (χ1) is 13.3. The monoisotopic (exact) mass is 365 g/mol. The fraction of sp³-hybridized carbons (Fsp3) is 0.412. The number of likely N-dealkylation sites (tertiary alicyclic amines) is 1. The largest absolute Gasteiger partial charge is 0.338 e. The molecule has 0 radical (unpaired) electrons. The molecule has 0 spiro atoms. The fourth-order valence-electron chi connectivity index (χ4n) is 3.52. The average molecular weight is 365 g/mol. The quantitative estimate of drug-likeness (QED) is 0.534. The Morgan fingerprint density at radius 3 is 2.81 bits per heavy atom. The van der Waals surface area contributed by atoms with Gasteiger partial charge in [0.1, 0.15) is 0 Å². The van der Waals surface area contributed by atoms with E-state index in [0.29, 0.717) is 24.2 Å². The summed E-state index contributed by atoms with van der Waals surface area (Å²) in [5, 5.41) is 21.5. The van der Waals surface area contributed by atoms with E-state index in [-0.39, 0.29) is 0 Å². The van der Waals surface area contributed by atoms with Gasteiger partial charge in [-0.25, -0.2) is 4.68 Å². The van der Waals surface area contributed by atoms with Crippen LogP contribution in [0, 0.1) is 6.92 Å². The zero-order valence-electron chi connectivity index (χ0n) is 14.9. The molecule has 10 nitrogen and oxygen atoms in total. The third-order valence-corrected chi connectivity index (χ3v) is 4.89. The molecule has 0 N–H and O–H groups in total. The molecule has 5 heterocycles. The van der Waals surface area contributed by atoms with Crippen LogP contribution in [0.4, 0.5) is 0 Å². The molecule has 1 saturated heterocycles. The topological polar surface area (TPSA) is 103 Å². The third-order valence-electron chi connectivity index (χ3n) is 4.89. The molecule has 0 aliphatic carbocycles. The number of hydrogen-bond donors (Lipinski definition) is 0. The van der Waals surface area contributed by atoms with E-state index >= 15 is 0 Å². The van der Waals surface area contributed by atoms with Crippen molar-refractivity contribution >= 4 is 5.65 Å². The van der Waals surface area contributed by atoms with Crippen LogP contribution in [0.2, 0.25) is 0 Å². The number of fused-ring (bicyclic) bond motifs is 1. The lowest BCUT2D eigenvalue weighted by atomic mass is 9.96. The van der Waals surface area contributed by atoms with E-state index in [4.69, 9.17) is 4.52 Å². The highest BCUT2D eigenvalue weighted by atomic mass is 16.5. The normalized spacial score (nSPS) is 16.3. The van der Waals surface area contributed by atoms with Crippen molar-refractivity contribution in [3.05, 3.63) is 48.1 Å². The van der Waals surface area contributed by atoms with E-state index < -0.39 is 0 Å². The number of hydrogen-bond acceptors (Lipinski definition) is 8. The highest BCUT2D eigenvalue weighted by Crippen LogP contribution is 2.27. The highest BCUT2D eigenvalue weighted by Gasteiger charge is 2.26. The maximum Gasteiger partial charge on any atom is 0.240 e. The SMILES string of the molecule is Cc1noc(CN2CCC(c3nnc4ccc(-n5cccn5)nn34)CC2)n1. The van der Waals surface area contributed by atoms with Crippen molar-refractivity contribution in [3.8, 4) is 5.82 Å². The molecule has 1 fully saturated rings. The van der Waals surface area contributed by atoms with E-state index in [2.05, 4.69) is 35.4 Å². The van der Waals surface area contributed by atoms with Gasteiger partial charge in [-0.2, -0.15) is 14.6 Å². The van der Waals surface area contributed by atoms with Crippen LogP contribution in [0.1, 0.15) is 36.3 Å². The van der Waals surface area contributed by atoms with Crippen LogP contribution in [-0.2, 0) is 6.54 Å². The highest BCUT2D eigenvalue weighted by molar-refractivity contribution is 5.39. The summed E-state index contributed by atoms with van der Waals surface area (Å²) in [6.07, 6.45) is 5.58. The summed E-state index contributed by atoms with van der Waals surface area (Å²) in [6.45, 7) is 4.41. The van der Waals surface area contributed by atoms with Gasteiger partial charge in [0.25, 0.3) is 0 Å². The molecule has 27 heavy (non-hydrogen) atoms. The van der Waals surface area contributed by atoms with Crippen molar-refractivity contribution < 1.29 is 4.52 Å². The molecule has 0 atom stereocenters. The minimum atomic E-state index is 0.320. The summed E-state index contributed by atoms with van der Waals surface area (Å²) in [5.74, 6) is 3.32. The molecule has 1 aliphatic rings. The Morgan fingerprint density at radius 1 is 1.19 bits per heavy atom. The van der Waals surface area contributed by atoms with Crippen LogP contribution >= 0.6 is 0 Å². The van der Waals surface area contributed by atoms with Crippen molar-refractivity contribution in [3.63, 3.8) is 0 Å². The molecule has 4 aromatic rings. The molecule has 0 bridgehead atoms. The van der Waals surface area contributed by atoms with Crippen LogP contribution < -0.4 is 0 Å². The van der Waals surface area contributed by atoms with Gasteiger partial charge in [-0.05, 0) is 51.1 Å². The predicted molar refractivity (Wildman–Crippen MR) is 94.2 cm³/mol. The second-order valence-corrected chi connectivity index (χ2v) is 6.76. The zero-order chi connectivity index (χ0) is 18.2. The molecule has 5 rings (SSSR count). The maximum atomic E-state index is 5.22. The summed E-state index contributed by atoms with van der Waals surface area (Å²) in [7, 11) is 0. The number of piperidine rings is 1. The fourth-order valence-corrected chi connectivity index (χ4v) is 3.52. The first-order valence-electron chi connectivity index (χ1n) is 9.00. The van der Waals surface area contributed by atoms with Gasteiger partial charge in [0.2, 0.25) is 5.89 Å². The Labute approximate surface area is 154 Å². The minimum absolute atomic E-state index is 0.320. The Morgan fingerprint density at radius 2 is 2.07 bits per heavy atom. The average Bonchev–Trinajstić information content (AvgIpc) is 3.43. The van der Waals surface area contributed by atoms with Gasteiger partial charge in [0.15, 0.2) is 23.1 Å². The van der Waals surface area contributed by atoms with Gasteiger partial charge >= 0.3 is 0 Å². The Bertz CT molecular complexity index is 1040. The van der Waals surface area contributed by atoms with Crippen LogP contribution in [-0.4, -0.2) is 57.7 Å². The van der Waals surface area contributed by atoms with Gasteiger partial charge in [0, 0.05) is 18.3 Å². The second kappa shape index (κ2) is 6.54. The molecular weight excluding hydrogens is 346 g/mol. The number of nitrogens with zero attached hydrogens (tertiary/aromatic N) is 9. The van der Waals surface area contributed by atoms with Crippen molar-refractivity contribution in [1.29, 1.82) is 0 Å². The predicted octanol–water partition coefficient (Wildman–Crippen LogP) is 1.38. The van der Waals surface area contributed by atoms with E-state index in [0.717, 1.165) is 43.2 Å². The van der Waals surface area contributed by atoms with Crippen LogP contribution in [0.15, 0.2) is 35.1 Å². The molecule has 138 valence electrons. The van der Waals surface area contributed by atoms with Gasteiger partial charge in [-0.1, -0.05) is 5.16 Å². The molecular formula is C17H19N9O. The summed E-state index contributed by atoms with van der Waals surface area (Å²) >= 11 is 0. The summed E-state index contributed by atoms with van der Waals surface area (Å²) < 4.78 is 8.81. The smallest absolute Gasteiger partial charge is 0.240 e. The molecule has 0 amide bonds. The van der Waals surface area contributed by atoms with Crippen LogP contribution in [0.3, 0.4) is 0 Å². The van der Waals surface area contributed by atoms with Crippen molar-refractivity contribution in [2.24, 2.45) is 0 Å². The maximum absolute atomic E-state index is 5.22. The van der Waals surface area contributed by atoms with Crippen molar-refractivity contribution in [2.45, 2.75) is 32.2 Å². The lowest BCUT2D eigenvalue weighted by Gasteiger charge is -2.29. The van der Waals surface area contributed by atoms with E-state index in [1.165, 1.54) is 0 Å². The van der Waals surface area contributed by atoms with Crippen molar-refractivity contribution in [2.75, 3.05) is 13.1 Å². The van der Waals surface area contributed by atoms with Crippen LogP contribution in [0.5, 0.6) is 0 Å². The Balaban J connectivity index is 1.33. The van der Waals surface area contributed by atoms with Gasteiger partial charge in [0.05, 0.1) is 6.54 Å². The standard InChI is InChI=1S/C17H19N9O/c1-12-19-16(27-23-12)11-24-9-5-13(6-10-24)17-21-20-14-3-4-15(22-26(14)17)25-8-2-7-18-25/h2-4,7-8,13H,5-6,9-11H2,1H3. The van der Waals surface area contributed by atoms with E-state index in [1.807, 2.05) is 35.8 Å². The summed E-state index contributed by atoms with van der Waals surface area (Å²) in [6, 6.07) is 5.70. The molecule has 1 aliphatic heterocycles. The molecule has 0 aromatic carbocycles. The Hall–Kier alpha value is -3.14. The third kappa shape index (κ3) is 3.08. The first-order valence-corrected chi connectivity index (χ1v) is 9.00. The van der Waals surface area contributed by atoms with Gasteiger partial charge < -0.3 is 4.52 Å². The zero-order valence-corrected chi connectivity index (χ0v) is 14.9. The van der Waals surface area contributed by atoms with E-state index in [1.54, 1.807) is 10.9 Å². The van der Waals surface area contributed by atoms with Gasteiger partial charge in [-0.3, -0.25) is 4.90 Å². The Kier molecular flexibility index (Phi) is 3.89. The first kappa shape index (κ1) is 16.1. The minimum Gasteiger partial charge on any atom is -0.338 e. The summed E-state index contributed by atoms with van der Waals surface area (Å²) in [5.41, 5.74) is 0.754. The van der Waals surface area contributed by atoms with E-state index in [9.17, 15) is 0 Å². The summed E-state index contributed by atoms with van der Waals surface area (Å²) in [4.78, 5) is 6.61. The molecule has 10 heteroatoms. The van der Waals surface area contributed by atoms with Gasteiger partial charge in [-0.15, -0.1) is 15.3 Å².